The van der Waals surface area contributed by atoms with E-state index in [-0.39, 0.29) is 6.04 Å². The highest BCUT2D eigenvalue weighted by atomic mass is 16.3. The molecule has 1 N–H and O–H groups in total. The number of furan rings is 1. The minimum Gasteiger partial charge on any atom is -0.469 e. The van der Waals surface area contributed by atoms with Crippen LogP contribution in [0.5, 0.6) is 0 Å². The van der Waals surface area contributed by atoms with Crippen LogP contribution in [0, 0.1) is 0 Å². The van der Waals surface area contributed by atoms with Crippen molar-refractivity contribution in [2.24, 2.45) is 0 Å². The summed E-state index contributed by atoms with van der Waals surface area (Å²) in [5.41, 5.74) is 2.44. The van der Waals surface area contributed by atoms with Crippen LogP contribution in [0.2, 0.25) is 0 Å². The Morgan fingerprint density at radius 3 is 2.85 bits per heavy atom. The van der Waals surface area contributed by atoms with Gasteiger partial charge < -0.3 is 9.73 Å². The zero-order chi connectivity index (χ0) is 14.4. The lowest BCUT2D eigenvalue weighted by atomic mass is 10.0. The van der Waals surface area contributed by atoms with Gasteiger partial charge >= 0.3 is 0 Å². The number of rotatable bonds is 8. The van der Waals surface area contributed by atoms with Crippen LogP contribution in [0.25, 0.3) is 0 Å². The third kappa shape index (κ3) is 3.31. The average molecular weight is 275 g/mol. The van der Waals surface area contributed by atoms with Gasteiger partial charge in [-0.15, -0.1) is 0 Å². The summed E-state index contributed by atoms with van der Waals surface area (Å²) in [6.45, 7) is 8.42. The van der Waals surface area contributed by atoms with Crippen LogP contribution in [-0.4, -0.2) is 16.3 Å². The van der Waals surface area contributed by atoms with E-state index in [1.807, 2.05) is 10.9 Å². The van der Waals surface area contributed by atoms with Crippen LogP contribution in [0.3, 0.4) is 0 Å². The first-order valence-corrected chi connectivity index (χ1v) is 7.62. The van der Waals surface area contributed by atoms with Crippen LogP contribution >= 0.6 is 0 Å². The molecule has 2 heterocycles. The van der Waals surface area contributed by atoms with Crippen molar-refractivity contribution < 1.29 is 4.42 Å². The maximum absolute atomic E-state index is 5.58. The third-order valence-corrected chi connectivity index (χ3v) is 3.45. The van der Waals surface area contributed by atoms with Gasteiger partial charge in [0.1, 0.15) is 5.76 Å². The van der Waals surface area contributed by atoms with Gasteiger partial charge in [-0.1, -0.05) is 20.8 Å². The van der Waals surface area contributed by atoms with E-state index < -0.39 is 0 Å². The number of nitrogens with one attached hydrogen (secondary N) is 1. The molecule has 0 spiro atoms. The topological polar surface area (TPSA) is 43.0 Å². The number of hydrogen-bond acceptors (Lipinski definition) is 3. The van der Waals surface area contributed by atoms with Gasteiger partial charge in [-0.3, -0.25) is 4.68 Å². The Morgan fingerprint density at radius 2 is 2.15 bits per heavy atom. The highest BCUT2D eigenvalue weighted by Gasteiger charge is 2.19. The fourth-order valence-electron chi connectivity index (χ4n) is 2.47. The van der Waals surface area contributed by atoms with E-state index in [0.717, 1.165) is 38.1 Å². The molecule has 0 amide bonds. The molecule has 4 nitrogen and oxygen atoms in total. The molecule has 0 radical (unpaired) electrons. The average Bonchev–Trinajstić information content (AvgIpc) is 3.09. The Kier molecular flexibility index (Phi) is 5.41. The standard InChI is InChI=1S/C16H25N3O/c1-4-8-17-16(14-7-10-20-15(14)6-3)13-11-18-19(12-13)9-5-2/h7,10-12,16-17H,4-6,8-9H2,1-3H3. The third-order valence-electron chi connectivity index (χ3n) is 3.45. The van der Waals surface area contributed by atoms with Gasteiger partial charge in [0.2, 0.25) is 0 Å². The fourth-order valence-corrected chi connectivity index (χ4v) is 2.47. The van der Waals surface area contributed by atoms with Crippen molar-refractivity contribution in [1.82, 2.24) is 15.1 Å². The molecule has 0 saturated heterocycles. The van der Waals surface area contributed by atoms with Crippen molar-refractivity contribution in [1.29, 1.82) is 0 Å². The highest BCUT2D eigenvalue weighted by molar-refractivity contribution is 5.31. The molecule has 0 fully saturated rings. The van der Waals surface area contributed by atoms with Crippen molar-refractivity contribution in [3.63, 3.8) is 0 Å². The smallest absolute Gasteiger partial charge is 0.108 e. The van der Waals surface area contributed by atoms with E-state index in [9.17, 15) is 0 Å². The van der Waals surface area contributed by atoms with Crippen LogP contribution in [0.4, 0.5) is 0 Å². The van der Waals surface area contributed by atoms with E-state index in [1.54, 1.807) is 6.26 Å². The Hall–Kier alpha value is -1.55. The van der Waals surface area contributed by atoms with Crippen molar-refractivity contribution >= 4 is 0 Å². The lowest BCUT2D eigenvalue weighted by molar-refractivity contribution is 0.499. The van der Waals surface area contributed by atoms with Crippen molar-refractivity contribution in [3.05, 3.63) is 41.6 Å². The number of aryl methyl sites for hydroxylation is 2. The predicted molar refractivity (Wildman–Crippen MR) is 80.7 cm³/mol. The second kappa shape index (κ2) is 7.29. The SMILES string of the molecule is CCCNC(c1cnn(CCC)c1)c1ccoc1CC. The first-order valence-electron chi connectivity index (χ1n) is 7.62. The van der Waals surface area contributed by atoms with E-state index in [0.29, 0.717) is 0 Å². The summed E-state index contributed by atoms with van der Waals surface area (Å²) in [6, 6.07) is 2.25. The number of aromatic nitrogens is 2. The molecule has 1 atom stereocenters. The molecule has 0 bridgehead atoms. The van der Waals surface area contributed by atoms with Crippen molar-refractivity contribution in [2.45, 2.75) is 52.6 Å². The van der Waals surface area contributed by atoms with Gasteiger partial charge in [-0.25, -0.2) is 0 Å². The highest BCUT2D eigenvalue weighted by Crippen LogP contribution is 2.26. The molecular weight excluding hydrogens is 250 g/mol. The molecular formula is C16H25N3O. The molecule has 0 aliphatic carbocycles. The minimum atomic E-state index is 0.175. The normalized spacial score (nSPS) is 12.8. The Bertz CT molecular complexity index is 515. The maximum Gasteiger partial charge on any atom is 0.108 e. The Balaban J connectivity index is 2.26. The van der Waals surface area contributed by atoms with Gasteiger partial charge in [0, 0.05) is 30.3 Å². The summed E-state index contributed by atoms with van der Waals surface area (Å²) in [7, 11) is 0. The van der Waals surface area contributed by atoms with Gasteiger partial charge in [0.15, 0.2) is 0 Å². The largest absolute Gasteiger partial charge is 0.469 e. The van der Waals surface area contributed by atoms with E-state index in [1.165, 1.54) is 11.1 Å². The fraction of sp³-hybridized carbons (Fsp3) is 0.562. The lowest BCUT2D eigenvalue weighted by Crippen LogP contribution is -2.23. The van der Waals surface area contributed by atoms with E-state index >= 15 is 0 Å². The molecule has 2 aromatic heterocycles. The van der Waals surface area contributed by atoms with Crippen molar-refractivity contribution in [3.8, 4) is 0 Å². The second-order valence-corrected chi connectivity index (χ2v) is 5.08. The van der Waals surface area contributed by atoms with Gasteiger partial charge in [0.05, 0.1) is 18.5 Å². The molecule has 110 valence electrons. The van der Waals surface area contributed by atoms with Crippen LogP contribution in [0.1, 0.15) is 56.5 Å². The number of hydrogen-bond donors (Lipinski definition) is 1. The molecule has 20 heavy (non-hydrogen) atoms. The monoisotopic (exact) mass is 275 g/mol. The summed E-state index contributed by atoms with van der Waals surface area (Å²) >= 11 is 0. The Morgan fingerprint density at radius 1 is 1.30 bits per heavy atom. The summed E-state index contributed by atoms with van der Waals surface area (Å²) < 4.78 is 7.60. The summed E-state index contributed by atoms with van der Waals surface area (Å²) in [5, 5.41) is 8.05. The number of nitrogens with zero attached hydrogens (tertiary/aromatic N) is 2. The van der Waals surface area contributed by atoms with Gasteiger partial charge in [-0.2, -0.15) is 5.10 Å². The zero-order valence-corrected chi connectivity index (χ0v) is 12.7. The van der Waals surface area contributed by atoms with Gasteiger partial charge in [-0.05, 0) is 25.5 Å². The second-order valence-electron chi connectivity index (χ2n) is 5.08. The zero-order valence-electron chi connectivity index (χ0n) is 12.7. The summed E-state index contributed by atoms with van der Waals surface area (Å²) in [4.78, 5) is 0. The van der Waals surface area contributed by atoms with E-state index in [4.69, 9.17) is 4.42 Å². The molecule has 0 aliphatic heterocycles. The minimum absolute atomic E-state index is 0.175. The predicted octanol–water partition coefficient (Wildman–Crippen LogP) is 3.54. The van der Waals surface area contributed by atoms with Crippen molar-refractivity contribution in [2.75, 3.05) is 6.54 Å². The van der Waals surface area contributed by atoms with Gasteiger partial charge in [0.25, 0.3) is 0 Å². The first kappa shape index (κ1) is 14.9. The summed E-state index contributed by atoms with van der Waals surface area (Å²) in [6.07, 6.45) is 9.01. The van der Waals surface area contributed by atoms with E-state index in [2.05, 4.69) is 43.4 Å². The lowest BCUT2D eigenvalue weighted by Gasteiger charge is -2.17. The first-order chi connectivity index (χ1) is 9.80. The maximum atomic E-state index is 5.58. The summed E-state index contributed by atoms with van der Waals surface area (Å²) in [5.74, 6) is 1.06. The molecule has 2 rings (SSSR count). The van der Waals surface area contributed by atoms with Crippen LogP contribution in [-0.2, 0) is 13.0 Å². The molecule has 1 unspecified atom stereocenters. The molecule has 0 aromatic carbocycles. The molecule has 0 aliphatic rings. The molecule has 4 heteroatoms. The van der Waals surface area contributed by atoms with Crippen LogP contribution < -0.4 is 5.32 Å². The quantitative estimate of drug-likeness (QED) is 0.801. The molecule has 0 saturated carbocycles. The van der Waals surface area contributed by atoms with Crippen LogP contribution in [0.15, 0.2) is 29.1 Å². The Labute approximate surface area is 121 Å². The molecule has 2 aromatic rings.